The van der Waals surface area contributed by atoms with Crippen molar-refractivity contribution >= 4 is 5.97 Å². The molecular formula is C16H23F2NO3. The molecule has 4 nitrogen and oxygen atoms in total. The number of rotatable bonds is 8. The van der Waals surface area contributed by atoms with Crippen LogP contribution in [0.4, 0.5) is 8.78 Å². The molecule has 0 saturated carbocycles. The van der Waals surface area contributed by atoms with Gasteiger partial charge < -0.3 is 15.2 Å². The zero-order chi connectivity index (χ0) is 16.9. The standard InChI is InChI=1S/C16H23F2NO3/c1-10-7-12(8-11(2)13(10)22-15(17)18)9-19-6-5-16(3,4)14(20)21/h7-8,15,19H,5-6,9H2,1-4H3,(H,20,21). The Bertz CT molecular complexity index is 507. The molecule has 0 fully saturated rings. The molecule has 0 spiro atoms. The number of carboxylic acids is 1. The summed E-state index contributed by atoms with van der Waals surface area (Å²) in [5.74, 6) is -0.611. The summed E-state index contributed by atoms with van der Waals surface area (Å²) in [6.45, 7) is 5.09. The van der Waals surface area contributed by atoms with Crippen molar-refractivity contribution in [2.24, 2.45) is 5.41 Å². The zero-order valence-corrected chi connectivity index (χ0v) is 13.4. The molecule has 0 unspecified atom stereocenters. The van der Waals surface area contributed by atoms with Crippen LogP contribution in [0.3, 0.4) is 0 Å². The minimum atomic E-state index is -2.83. The summed E-state index contributed by atoms with van der Waals surface area (Å²) in [5.41, 5.74) is 1.49. The Kier molecular flexibility index (Phi) is 6.29. The zero-order valence-electron chi connectivity index (χ0n) is 13.4. The van der Waals surface area contributed by atoms with Crippen LogP contribution in [0.5, 0.6) is 5.75 Å². The van der Waals surface area contributed by atoms with Crippen molar-refractivity contribution in [1.82, 2.24) is 5.32 Å². The van der Waals surface area contributed by atoms with Crippen molar-refractivity contribution < 1.29 is 23.4 Å². The Morgan fingerprint density at radius 2 is 1.86 bits per heavy atom. The topological polar surface area (TPSA) is 58.6 Å². The Morgan fingerprint density at radius 1 is 1.32 bits per heavy atom. The molecule has 6 heteroatoms. The van der Waals surface area contributed by atoms with Gasteiger partial charge in [-0.3, -0.25) is 4.79 Å². The molecule has 0 radical (unpaired) electrons. The van der Waals surface area contributed by atoms with Gasteiger partial charge in [-0.25, -0.2) is 0 Å². The van der Waals surface area contributed by atoms with Gasteiger partial charge in [0, 0.05) is 6.54 Å². The van der Waals surface area contributed by atoms with Crippen LogP contribution >= 0.6 is 0 Å². The molecule has 0 saturated heterocycles. The van der Waals surface area contributed by atoms with E-state index in [0.717, 1.165) is 5.56 Å². The second-order valence-electron chi connectivity index (χ2n) is 6.05. The molecule has 0 aliphatic rings. The number of ether oxygens (including phenoxy) is 1. The van der Waals surface area contributed by atoms with Crippen LogP contribution in [-0.2, 0) is 11.3 Å². The quantitative estimate of drug-likeness (QED) is 0.721. The van der Waals surface area contributed by atoms with Crippen LogP contribution in [0.15, 0.2) is 12.1 Å². The van der Waals surface area contributed by atoms with Crippen LogP contribution in [0.2, 0.25) is 0 Å². The van der Waals surface area contributed by atoms with Gasteiger partial charge in [0.1, 0.15) is 5.75 Å². The Labute approximate surface area is 129 Å². The lowest BCUT2D eigenvalue weighted by Gasteiger charge is -2.19. The van der Waals surface area contributed by atoms with E-state index in [4.69, 9.17) is 5.11 Å². The van der Waals surface area contributed by atoms with Crippen molar-refractivity contribution in [2.75, 3.05) is 6.54 Å². The molecule has 0 aliphatic carbocycles. The summed E-state index contributed by atoms with van der Waals surface area (Å²) >= 11 is 0. The number of alkyl halides is 2. The number of nitrogens with one attached hydrogen (secondary N) is 1. The first-order chi connectivity index (χ1) is 10.1. The molecule has 1 aromatic rings. The van der Waals surface area contributed by atoms with Gasteiger partial charge in [-0.1, -0.05) is 12.1 Å². The van der Waals surface area contributed by atoms with Gasteiger partial charge in [0.15, 0.2) is 0 Å². The van der Waals surface area contributed by atoms with Crippen molar-refractivity contribution in [1.29, 1.82) is 0 Å². The van der Waals surface area contributed by atoms with E-state index in [1.807, 2.05) is 0 Å². The number of hydrogen-bond donors (Lipinski definition) is 2. The maximum atomic E-state index is 12.3. The lowest BCUT2D eigenvalue weighted by molar-refractivity contribution is -0.147. The fourth-order valence-electron chi connectivity index (χ4n) is 2.16. The average Bonchev–Trinajstić information content (AvgIpc) is 2.38. The van der Waals surface area contributed by atoms with Crippen molar-refractivity contribution in [3.8, 4) is 5.75 Å². The highest BCUT2D eigenvalue weighted by Crippen LogP contribution is 2.26. The van der Waals surface area contributed by atoms with E-state index in [-0.39, 0.29) is 5.75 Å². The number of benzene rings is 1. The smallest absolute Gasteiger partial charge is 0.387 e. The van der Waals surface area contributed by atoms with Crippen molar-refractivity contribution in [3.05, 3.63) is 28.8 Å². The molecule has 124 valence electrons. The summed E-state index contributed by atoms with van der Waals surface area (Å²) in [7, 11) is 0. The van der Waals surface area contributed by atoms with Gasteiger partial charge in [-0.05, 0) is 57.4 Å². The number of aliphatic carboxylic acids is 1. The van der Waals surface area contributed by atoms with E-state index >= 15 is 0 Å². The van der Waals surface area contributed by atoms with Crippen LogP contribution in [-0.4, -0.2) is 24.2 Å². The highest BCUT2D eigenvalue weighted by atomic mass is 19.3. The molecule has 0 aromatic heterocycles. The molecule has 2 N–H and O–H groups in total. The van der Waals surface area contributed by atoms with E-state index in [9.17, 15) is 13.6 Å². The second kappa shape index (κ2) is 7.54. The summed E-state index contributed by atoms with van der Waals surface area (Å²) in [6.07, 6.45) is 0.507. The number of aryl methyl sites for hydroxylation is 2. The molecule has 0 atom stereocenters. The highest BCUT2D eigenvalue weighted by Gasteiger charge is 2.26. The third kappa shape index (κ3) is 5.26. The van der Waals surface area contributed by atoms with E-state index in [0.29, 0.717) is 30.6 Å². The minimum absolute atomic E-state index is 0.214. The third-order valence-electron chi connectivity index (χ3n) is 3.56. The lowest BCUT2D eigenvalue weighted by atomic mass is 9.90. The minimum Gasteiger partial charge on any atom is -0.481 e. The number of carboxylic acid groups (broad SMARTS) is 1. The molecular weight excluding hydrogens is 292 g/mol. The third-order valence-corrected chi connectivity index (χ3v) is 3.56. The van der Waals surface area contributed by atoms with Gasteiger partial charge in [0.2, 0.25) is 0 Å². The fourth-order valence-corrected chi connectivity index (χ4v) is 2.16. The number of carbonyl (C=O) groups is 1. The molecule has 1 aromatic carbocycles. The molecule has 1 rings (SSSR count). The van der Waals surface area contributed by atoms with E-state index in [1.54, 1.807) is 39.8 Å². The predicted octanol–water partition coefficient (Wildman–Crippen LogP) is 3.50. The molecule has 0 bridgehead atoms. The predicted molar refractivity (Wildman–Crippen MR) is 80.3 cm³/mol. The Hall–Kier alpha value is -1.69. The summed E-state index contributed by atoms with van der Waals surface area (Å²) < 4.78 is 29.2. The van der Waals surface area contributed by atoms with Gasteiger partial charge in [-0.2, -0.15) is 8.78 Å². The Morgan fingerprint density at radius 3 is 2.32 bits per heavy atom. The number of halogens is 2. The molecule has 0 amide bonds. The summed E-state index contributed by atoms with van der Waals surface area (Å²) in [6, 6.07) is 3.58. The maximum absolute atomic E-state index is 12.3. The molecule has 0 aliphatic heterocycles. The SMILES string of the molecule is Cc1cc(CNCCC(C)(C)C(=O)O)cc(C)c1OC(F)F. The van der Waals surface area contributed by atoms with Crippen LogP contribution < -0.4 is 10.1 Å². The lowest BCUT2D eigenvalue weighted by Crippen LogP contribution is -2.28. The van der Waals surface area contributed by atoms with Crippen LogP contribution in [0.25, 0.3) is 0 Å². The Balaban J connectivity index is 2.59. The fraction of sp³-hybridized carbons (Fsp3) is 0.562. The maximum Gasteiger partial charge on any atom is 0.387 e. The van der Waals surface area contributed by atoms with Gasteiger partial charge in [-0.15, -0.1) is 0 Å². The van der Waals surface area contributed by atoms with Gasteiger partial charge in [0.25, 0.3) is 0 Å². The van der Waals surface area contributed by atoms with E-state index in [2.05, 4.69) is 10.1 Å². The normalized spacial score (nSPS) is 11.8. The first kappa shape index (κ1) is 18.4. The van der Waals surface area contributed by atoms with Gasteiger partial charge >= 0.3 is 12.6 Å². The van der Waals surface area contributed by atoms with Crippen molar-refractivity contribution in [3.63, 3.8) is 0 Å². The van der Waals surface area contributed by atoms with Gasteiger partial charge in [0.05, 0.1) is 5.41 Å². The largest absolute Gasteiger partial charge is 0.481 e. The first-order valence-corrected chi connectivity index (χ1v) is 7.12. The highest BCUT2D eigenvalue weighted by molar-refractivity contribution is 5.73. The van der Waals surface area contributed by atoms with E-state index < -0.39 is 18.0 Å². The first-order valence-electron chi connectivity index (χ1n) is 7.12. The van der Waals surface area contributed by atoms with E-state index in [1.165, 1.54) is 0 Å². The molecule has 0 heterocycles. The summed E-state index contributed by atoms with van der Waals surface area (Å²) in [5, 5.41) is 12.2. The summed E-state index contributed by atoms with van der Waals surface area (Å²) in [4.78, 5) is 11.0. The molecule has 22 heavy (non-hydrogen) atoms. The van der Waals surface area contributed by atoms with Crippen molar-refractivity contribution in [2.45, 2.75) is 47.3 Å². The van der Waals surface area contributed by atoms with Crippen LogP contribution in [0.1, 0.15) is 37.0 Å². The number of hydrogen-bond acceptors (Lipinski definition) is 3. The average molecular weight is 315 g/mol. The monoisotopic (exact) mass is 315 g/mol. The second-order valence-corrected chi connectivity index (χ2v) is 6.05. The van der Waals surface area contributed by atoms with Crippen LogP contribution in [0, 0.1) is 19.3 Å².